The van der Waals surface area contributed by atoms with E-state index >= 15 is 0 Å². The highest BCUT2D eigenvalue weighted by molar-refractivity contribution is 7.98. The Hall–Kier alpha value is -2.74. The lowest BCUT2D eigenvalue weighted by Crippen LogP contribution is -2.32. The third-order valence-corrected chi connectivity index (χ3v) is 5.70. The van der Waals surface area contributed by atoms with Gasteiger partial charge in [-0.1, -0.05) is 12.1 Å². The third-order valence-electron chi connectivity index (χ3n) is 4.96. The van der Waals surface area contributed by atoms with E-state index in [2.05, 4.69) is 5.32 Å². The summed E-state index contributed by atoms with van der Waals surface area (Å²) >= 11 is 1.60. The van der Waals surface area contributed by atoms with Crippen LogP contribution in [0.1, 0.15) is 41.4 Å². The molecule has 2 aromatic carbocycles. The van der Waals surface area contributed by atoms with Crippen LogP contribution in [0.2, 0.25) is 0 Å². The molecule has 3 rings (SSSR count). The van der Waals surface area contributed by atoms with E-state index in [9.17, 15) is 22.8 Å². The molecule has 0 radical (unpaired) electrons. The van der Waals surface area contributed by atoms with Crippen LogP contribution in [0.5, 0.6) is 0 Å². The molecule has 4 nitrogen and oxygen atoms in total. The molecule has 1 unspecified atom stereocenters. The number of halogens is 3. The lowest BCUT2D eigenvalue weighted by Gasteiger charge is -2.17. The first-order valence-electron chi connectivity index (χ1n) is 9.35. The fourth-order valence-electron chi connectivity index (χ4n) is 3.25. The summed E-state index contributed by atoms with van der Waals surface area (Å²) in [5, 5.41) is 2.64. The molecule has 0 fully saturated rings. The van der Waals surface area contributed by atoms with Gasteiger partial charge in [0, 0.05) is 23.0 Å². The summed E-state index contributed by atoms with van der Waals surface area (Å²) in [7, 11) is 0. The molecule has 1 atom stereocenters. The van der Waals surface area contributed by atoms with Crippen LogP contribution >= 0.6 is 11.8 Å². The predicted molar refractivity (Wildman–Crippen MR) is 113 cm³/mol. The van der Waals surface area contributed by atoms with Crippen LogP contribution < -0.4 is 10.7 Å². The average molecular weight is 434 g/mol. The molecular formula is C22H21F3N2O2S. The van der Waals surface area contributed by atoms with Crippen LogP contribution in [-0.4, -0.2) is 16.7 Å². The van der Waals surface area contributed by atoms with E-state index in [4.69, 9.17) is 0 Å². The molecule has 0 spiro atoms. The Labute approximate surface area is 176 Å². The maximum absolute atomic E-state index is 13.1. The number of benzene rings is 2. The van der Waals surface area contributed by atoms with Crippen molar-refractivity contribution in [3.63, 3.8) is 0 Å². The Kier molecular flexibility index (Phi) is 6.26. The summed E-state index contributed by atoms with van der Waals surface area (Å²) in [6, 6.07) is 10.3. The zero-order valence-electron chi connectivity index (χ0n) is 16.7. The Morgan fingerprint density at radius 1 is 1.17 bits per heavy atom. The van der Waals surface area contributed by atoms with Gasteiger partial charge in [0.05, 0.1) is 17.1 Å². The van der Waals surface area contributed by atoms with Gasteiger partial charge < -0.3 is 9.88 Å². The number of carbonyl (C=O) groups is 1. The first-order chi connectivity index (χ1) is 14.2. The molecule has 0 aliphatic rings. The second kappa shape index (κ2) is 8.55. The normalized spacial score (nSPS) is 12.7. The van der Waals surface area contributed by atoms with E-state index in [0.717, 1.165) is 22.6 Å². The smallest absolute Gasteiger partial charge is 0.347 e. The van der Waals surface area contributed by atoms with E-state index in [1.165, 1.54) is 12.3 Å². The molecule has 1 aromatic heterocycles. The first kappa shape index (κ1) is 22.0. The highest BCUT2D eigenvalue weighted by atomic mass is 32.2. The number of amides is 1. The number of aromatic nitrogens is 1. The van der Waals surface area contributed by atoms with E-state index in [0.29, 0.717) is 12.1 Å². The van der Waals surface area contributed by atoms with Crippen molar-refractivity contribution in [2.24, 2.45) is 0 Å². The zero-order chi connectivity index (χ0) is 22.1. The number of alkyl halides is 3. The van der Waals surface area contributed by atoms with Gasteiger partial charge in [-0.25, -0.2) is 0 Å². The number of hydrogen-bond donors (Lipinski definition) is 1. The quantitative estimate of drug-likeness (QED) is 0.558. The van der Waals surface area contributed by atoms with Gasteiger partial charge in [-0.3, -0.25) is 9.59 Å². The summed E-state index contributed by atoms with van der Waals surface area (Å²) in [5.41, 5.74) is -0.612. The average Bonchev–Trinajstić information content (AvgIpc) is 2.73. The van der Waals surface area contributed by atoms with Gasteiger partial charge in [-0.05, 0) is 56.0 Å². The minimum atomic E-state index is -4.58. The number of aryl methyl sites for hydroxylation is 1. The molecule has 0 saturated heterocycles. The Morgan fingerprint density at radius 3 is 2.40 bits per heavy atom. The van der Waals surface area contributed by atoms with Crippen molar-refractivity contribution in [2.45, 2.75) is 37.5 Å². The predicted octanol–water partition coefficient (Wildman–Crippen LogP) is 5.25. The molecule has 1 amide bonds. The first-order valence-corrected chi connectivity index (χ1v) is 10.6. The van der Waals surface area contributed by atoms with E-state index < -0.39 is 23.1 Å². The van der Waals surface area contributed by atoms with Gasteiger partial charge in [-0.15, -0.1) is 11.8 Å². The Bertz CT molecular complexity index is 1140. The molecular weight excluding hydrogens is 413 g/mol. The molecule has 30 heavy (non-hydrogen) atoms. The summed E-state index contributed by atoms with van der Waals surface area (Å²) in [5.74, 6) is -0.622. The zero-order valence-corrected chi connectivity index (χ0v) is 17.5. The summed E-state index contributed by atoms with van der Waals surface area (Å²) < 4.78 is 40.9. The molecule has 158 valence electrons. The van der Waals surface area contributed by atoms with Crippen molar-refractivity contribution in [3.8, 4) is 0 Å². The van der Waals surface area contributed by atoms with Gasteiger partial charge in [0.1, 0.15) is 5.56 Å². The molecule has 0 bridgehead atoms. The number of fused-ring (bicyclic) bond motifs is 1. The number of rotatable bonds is 5. The molecule has 1 heterocycles. The van der Waals surface area contributed by atoms with E-state index in [-0.39, 0.29) is 17.0 Å². The van der Waals surface area contributed by atoms with Crippen LogP contribution in [0.15, 0.2) is 58.4 Å². The topological polar surface area (TPSA) is 51.1 Å². The number of nitrogens with one attached hydrogen (secondary N) is 1. The minimum Gasteiger partial charge on any atom is -0.347 e. The van der Waals surface area contributed by atoms with Crippen LogP contribution in [0.3, 0.4) is 0 Å². The Morgan fingerprint density at radius 2 is 1.83 bits per heavy atom. The minimum absolute atomic E-state index is 0.128. The van der Waals surface area contributed by atoms with Gasteiger partial charge in [0.25, 0.3) is 5.91 Å². The SMILES string of the molecule is CCn1cc(C(=O)NC(C)c2ccc(SC)cc2)c(=O)c2cc(C(F)(F)F)ccc21. The molecule has 3 aromatic rings. The molecule has 1 N–H and O–H groups in total. The number of hydrogen-bond acceptors (Lipinski definition) is 3. The maximum Gasteiger partial charge on any atom is 0.416 e. The summed E-state index contributed by atoms with van der Waals surface area (Å²) in [4.78, 5) is 26.8. The van der Waals surface area contributed by atoms with E-state index in [1.54, 1.807) is 30.2 Å². The van der Waals surface area contributed by atoms with Crippen molar-refractivity contribution in [1.29, 1.82) is 0 Å². The monoisotopic (exact) mass is 434 g/mol. The summed E-state index contributed by atoms with van der Waals surface area (Å²) in [6.45, 7) is 3.97. The van der Waals surface area contributed by atoms with Crippen LogP contribution in [0.4, 0.5) is 13.2 Å². The largest absolute Gasteiger partial charge is 0.416 e. The highest BCUT2D eigenvalue weighted by Gasteiger charge is 2.31. The van der Waals surface area contributed by atoms with Crippen LogP contribution in [-0.2, 0) is 12.7 Å². The van der Waals surface area contributed by atoms with Crippen molar-refractivity contribution >= 4 is 28.6 Å². The number of thioether (sulfide) groups is 1. The van der Waals surface area contributed by atoms with Crippen molar-refractivity contribution < 1.29 is 18.0 Å². The highest BCUT2D eigenvalue weighted by Crippen LogP contribution is 2.31. The van der Waals surface area contributed by atoms with Gasteiger partial charge >= 0.3 is 6.18 Å². The Balaban J connectivity index is 2.00. The number of nitrogens with zero attached hydrogens (tertiary/aromatic N) is 1. The lowest BCUT2D eigenvalue weighted by atomic mass is 10.1. The van der Waals surface area contributed by atoms with Gasteiger partial charge in [0.15, 0.2) is 0 Å². The van der Waals surface area contributed by atoms with Crippen molar-refractivity contribution in [1.82, 2.24) is 9.88 Å². The van der Waals surface area contributed by atoms with Crippen LogP contribution in [0, 0.1) is 0 Å². The van der Waals surface area contributed by atoms with Crippen molar-refractivity contribution in [3.05, 3.63) is 75.6 Å². The maximum atomic E-state index is 13.1. The second-order valence-electron chi connectivity index (χ2n) is 6.86. The second-order valence-corrected chi connectivity index (χ2v) is 7.74. The molecule has 0 aliphatic carbocycles. The van der Waals surface area contributed by atoms with Gasteiger partial charge in [0.2, 0.25) is 5.43 Å². The molecule has 0 saturated carbocycles. The number of pyridine rings is 1. The van der Waals surface area contributed by atoms with Gasteiger partial charge in [-0.2, -0.15) is 13.2 Å². The third kappa shape index (κ3) is 4.38. The van der Waals surface area contributed by atoms with Crippen LogP contribution in [0.25, 0.3) is 10.9 Å². The van der Waals surface area contributed by atoms with Crippen molar-refractivity contribution in [2.75, 3.05) is 6.26 Å². The fourth-order valence-corrected chi connectivity index (χ4v) is 3.66. The lowest BCUT2D eigenvalue weighted by molar-refractivity contribution is -0.137. The standard InChI is InChI=1S/C22H21F3N2O2S/c1-4-27-12-18(20(28)17-11-15(22(23,24)25)7-10-19(17)27)21(29)26-13(2)14-5-8-16(30-3)9-6-14/h5-13H,4H2,1-3H3,(H,26,29). The number of carbonyl (C=O) groups excluding carboxylic acids is 1. The molecule has 8 heteroatoms. The van der Waals surface area contributed by atoms with E-state index in [1.807, 2.05) is 30.5 Å². The molecule has 0 aliphatic heterocycles. The summed E-state index contributed by atoms with van der Waals surface area (Å²) in [6.07, 6.45) is -1.22. The fraction of sp³-hybridized carbons (Fsp3) is 0.273.